The predicted octanol–water partition coefficient (Wildman–Crippen LogP) is 5.42. The van der Waals surface area contributed by atoms with Crippen LogP contribution in [-0.2, 0) is 6.61 Å². The average Bonchev–Trinajstić information content (AvgIpc) is 3.32. The third-order valence-electron chi connectivity index (χ3n) is 4.86. The van der Waals surface area contributed by atoms with Crippen LogP contribution in [0.25, 0.3) is 0 Å². The lowest BCUT2D eigenvalue weighted by molar-refractivity contribution is -0.385. The number of hydrogen-bond acceptors (Lipinski definition) is 9. The van der Waals surface area contributed by atoms with Crippen LogP contribution in [0, 0.1) is 27.2 Å². The summed E-state index contributed by atoms with van der Waals surface area (Å²) < 4.78 is 16.7. The van der Waals surface area contributed by atoms with Crippen LogP contribution in [0.3, 0.4) is 0 Å². The van der Waals surface area contributed by atoms with Crippen molar-refractivity contribution in [2.24, 2.45) is 0 Å². The Hall–Kier alpha value is -5.26. The van der Waals surface area contributed by atoms with Crippen LogP contribution in [-0.4, -0.2) is 20.7 Å². The molecule has 0 fully saturated rings. The maximum atomic E-state index is 12.7. The van der Waals surface area contributed by atoms with Gasteiger partial charge in [-0.2, -0.15) is 0 Å². The highest BCUT2D eigenvalue weighted by molar-refractivity contribution is 6.02. The summed E-state index contributed by atoms with van der Waals surface area (Å²) in [6.45, 7) is 1.58. The number of nitrogens with zero attached hydrogens (tertiary/aromatic N) is 3. The Labute approximate surface area is 203 Å². The minimum absolute atomic E-state index is 0.0190. The lowest BCUT2D eigenvalue weighted by Crippen LogP contribution is -2.11. The van der Waals surface area contributed by atoms with Crippen LogP contribution in [0.1, 0.15) is 21.9 Å². The highest BCUT2D eigenvalue weighted by atomic mass is 16.6. The smallest absolute Gasteiger partial charge is 0.291 e. The Bertz CT molecular complexity index is 1440. The number of nitro benzene ring substituents is 2. The zero-order valence-corrected chi connectivity index (χ0v) is 18.7. The van der Waals surface area contributed by atoms with Gasteiger partial charge >= 0.3 is 0 Å². The number of carbonyl (C=O) groups is 1. The van der Waals surface area contributed by atoms with Gasteiger partial charge in [-0.25, -0.2) is 0 Å². The highest BCUT2D eigenvalue weighted by Gasteiger charge is 2.17. The summed E-state index contributed by atoms with van der Waals surface area (Å²) in [5, 5.41) is 24.8. The van der Waals surface area contributed by atoms with E-state index in [1.165, 1.54) is 54.7 Å². The lowest BCUT2D eigenvalue weighted by Gasteiger charge is -2.08. The summed E-state index contributed by atoms with van der Waals surface area (Å²) in [5.74, 6) is 0.553. The van der Waals surface area contributed by atoms with E-state index in [0.29, 0.717) is 22.8 Å². The number of carbonyl (C=O) groups excluding carboxylic acids is 1. The number of amides is 1. The van der Waals surface area contributed by atoms with Gasteiger partial charge in [0.25, 0.3) is 17.3 Å². The predicted molar refractivity (Wildman–Crippen MR) is 126 cm³/mol. The minimum Gasteiger partial charge on any atom is -0.486 e. The first-order valence-corrected chi connectivity index (χ1v) is 10.4. The first kappa shape index (κ1) is 23.9. The number of hydrogen-bond donors (Lipinski definition) is 1. The van der Waals surface area contributed by atoms with Crippen molar-refractivity contribution in [1.29, 1.82) is 0 Å². The number of non-ortho nitro benzene ring substituents is 1. The van der Waals surface area contributed by atoms with Crippen LogP contribution in [0.4, 0.5) is 17.1 Å². The molecule has 1 N–H and O–H groups in total. The van der Waals surface area contributed by atoms with E-state index >= 15 is 0 Å². The summed E-state index contributed by atoms with van der Waals surface area (Å²) in [7, 11) is 0. The molecule has 0 atom stereocenters. The van der Waals surface area contributed by atoms with E-state index in [9.17, 15) is 25.0 Å². The van der Waals surface area contributed by atoms with Gasteiger partial charge in [0, 0.05) is 30.0 Å². The highest BCUT2D eigenvalue weighted by Crippen LogP contribution is 2.30. The summed E-state index contributed by atoms with van der Waals surface area (Å²) in [6, 6.07) is 14.4. The summed E-state index contributed by atoms with van der Waals surface area (Å²) in [5.41, 5.74) is 0.276. The fourth-order valence-electron chi connectivity index (χ4n) is 3.21. The van der Waals surface area contributed by atoms with Crippen molar-refractivity contribution in [2.75, 3.05) is 5.32 Å². The lowest BCUT2D eigenvalue weighted by atomic mass is 10.2. The number of rotatable bonds is 9. The van der Waals surface area contributed by atoms with E-state index < -0.39 is 15.8 Å². The molecular weight excluding hydrogens is 472 g/mol. The Balaban J connectivity index is 1.43. The van der Waals surface area contributed by atoms with E-state index in [0.717, 1.165) is 0 Å². The monoisotopic (exact) mass is 490 g/mol. The topological polar surface area (TPSA) is 160 Å². The maximum Gasteiger partial charge on any atom is 0.291 e. The second kappa shape index (κ2) is 10.3. The normalized spacial score (nSPS) is 10.5. The fraction of sp³-hybridized carbons (Fsp3) is 0.0833. The Morgan fingerprint density at radius 1 is 1.00 bits per heavy atom. The number of aryl methyl sites for hydroxylation is 1. The van der Waals surface area contributed by atoms with Crippen LogP contribution >= 0.6 is 0 Å². The summed E-state index contributed by atoms with van der Waals surface area (Å²) >= 11 is 0. The Morgan fingerprint density at radius 2 is 1.83 bits per heavy atom. The molecule has 4 aromatic rings. The molecule has 0 spiro atoms. The second-order valence-corrected chi connectivity index (χ2v) is 7.48. The first-order chi connectivity index (χ1) is 17.3. The molecule has 2 aromatic carbocycles. The molecule has 4 rings (SSSR count). The SMILES string of the molecule is Cc1cc(OCc2ccc(C(=O)Nc3cc(Oc4cccnc4)cc([N+](=O)[O-])c3)o2)ccc1[N+](=O)[O-]. The quantitative estimate of drug-likeness (QED) is 0.238. The third kappa shape index (κ3) is 5.80. The van der Waals surface area contributed by atoms with Crippen LogP contribution in [0.15, 0.2) is 77.5 Å². The zero-order valence-electron chi connectivity index (χ0n) is 18.7. The number of ether oxygens (including phenoxy) is 2. The molecule has 12 heteroatoms. The van der Waals surface area contributed by atoms with Crippen molar-refractivity contribution in [3.8, 4) is 17.2 Å². The van der Waals surface area contributed by atoms with E-state index in [1.54, 1.807) is 25.3 Å². The molecule has 0 aliphatic rings. The molecule has 0 unspecified atom stereocenters. The van der Waals surface area contributed by atoms with Gasteiger partial charge in [-0.05, 0) is 43.3 Å². The van der Waals surface area contributed by atoms with Gasteiger partial charge in [0.15, 0.2) is 5.76 Å². The van der Waals surface area contributed by atoms with Crippen molar-refractivity contribution in [3.63, 3.8) is 0 Å². The molecule has 0 aliphatic carbocycles. The van der Waals surface area contributed by atoms with Crippen LogP contribution in [0.2, 0.25) is 0 Å². The molecule has 0 radical (unpaired) electrons. The largest absolute Gasteiger partial charge is 0.486 e. The molecule has 12 nitrogen and oxygen atoms in total. The average molecular weight is 490 g/mol. The Morgan fingerprint density at radius 3 is 2.53 bits per heavy atom. The van der Waals surface area contributed by atoms with Crippen molar-refractivity contribution in [3.05, 3.63) is 110 Å². The van der Waals surface area contributed by atoms with E-state index in [4.69, 9.17) is 13.9 Å². The summed E-state index contributed by atoms with van der Waals surface area (Å²) in [6.07, 6.45) is 3.00. The minimum atomic E-state index is -0.639. The maximum absolute atomic E-state index is 12.7. The standard InChI is InChI=1S/C24H18N4O8/c1-15-9-18(4-6-22(15)28(32)33)34-14-20-5-7-23(36-20)24(29)26-16-10-17(27(30)31)12-21(11-16)35-19-3-2-8-25-13-19/h2-13H,14H2,1H3,(H,26,29). The van der Waals surface area contributed by atoms with Gasteiger partial charge in [0.05, 0.1) is 27.8 Å². The molecule has 0 saturated carbocycles. The van der Waals surface area contributed by atoms with Gasteiger partial charge in [0.1, 0.15) is 29.6 Å². The molecule has 0 saturated heterocycles. The number of aromatic nitrogens is 1. The van der Waals surface area contributed by atoms with Gasteiger partial charge in [-0.15, -0.1) is 0 Å². The van der Waals surface area contributed by atoms with E-state index in [2.05, 4.69) is 10.3 Å². The summed E-state index contributed by atoms with van der Waals surface area (Å²) in [4.78, 5) is 37.8. The van der Waals surface area contributed by atoms with Crippen LogP contribution < -0.4 is 14.8 Å². The number of furan rings is 1. The van der Waals surface area contributed by atoms with Gasteiger partial charge in [-0.3, -0.25) is 30.0 Å². The molecule has 2 aromatic heterocycles. The van der Waals surface area contributed by atoms with E-state index in [-0.39, 0.29) is 35.2 Å². The van der Waals surface area contributed by atoms with Crippen molar-refractivity contribution in [1.82, 2.24) is 4.98 Å². The number of pyridine rings is 1. The molecule has 0 aliphatic heterocycles. The molecule has 182 valence electrons. The van der Waals surface area contributed by atoms with E-state index in [1.807, 2.05) is 0 Å². The number of nitrogens with one attached hydrogen (secondary N) is 1. The van der Waals surface area contributed by atoms with Gasteiger partial charge in [-0.1, -0.05) is 0 Å². The van der Waals surface area contributed by atoms with Gasteiger partial charge < -0.3 is 19.2 Å². The fourth-order valence-corrected chi connectivity index (χ4v) is 3.21. The van der Waals surface area contributed by atoms with Gasteiger partial charge in [0.2, 0.25) is 0 Å². The second-order valence-electron chi connectivity index (χ2n) is 7.48. The van der Waals surface area contributed by atoms with Crippen molar-refractivity contribution >= 4 is 23.0 Å². The molecular formula is C24H18N4O8. The molecule has 2 heterocycles. The van der Waals surface area contributed by atoms with Crippen molar-refractivity contribution < 1.29 is 28.5 Å². The van der Waals surface area contributed by atoms with Crippen LogP contribution in [0.5, 0.6) is 17.2 Å². The molecule has 0 bridgehead atoms. The molecule has 1 amide bonds. The third-order valence-corrected chi connectivity index (χ3v) is 4.86. The Kier molecular flexibility index (Phi) is 6.86. The number of anilines is 1. The number of benzene rings is 2. The van der Waals surface area contributed by atoms with Crippen molar-refractivity contribution in [2.45, 2.75) is 13.5 Å². The first-order valence-electron chi connectivity index (χ1n) is 10.4. The zero-order chi connectivity index (χ0) is 25.7. The number of nitro groups is 2. The molecule has 36 heavy (non-hydrogen) atoms.